The third-order valence-corrected chi connectivity index (χ3v) is 9.07. The second kappa shape index (κ2) is 8.33. The number of piperidine rings is 1. The number of likely N-dealkylation sites (tertiary alicyclic amines) is 1. The van der Waals surface area contributed by atoms with Crippen molar-refractivity contribution in [2.24, 2.45) is 4.36 Å². The third kappa shape index (κ3) is 3.89. The van der Waals surface area contributed by atoms with E-state index in [2.05, 4.69) is 22.6 Å². The lowest BCUT2D eigenvalue weighted by Crippen LogP contribution is -2.40. The van der Waals surface area contributed by atoms with Gasteiger partial charge in [-0.25, -0.2) is 4.21 Å². The van der Waals surface area contributed by atoms with Gasteiger partial charge in [0.25, 0.3) is 0 Å². The van der Waals surface area contributed by atoms with E-state index >= 15 is 0 Å². The van der Waals surface area contributed by atoms with Gasteiger partial charge in [-0.05, 0) is 75.6 Å². The first-order valence-corrected chi connectivity index (χ1v) is 13.5. The molecule has 2 fully saturated rings. The quantitative estimate of drug-likeness (QED) is 0.681. The number of nitrogens with one attached hydrogen (secondary N) is 2. The number of para-hydroxylation sites is 1. The van der Waals surface area contributed by atoms with E-state index in [0.29, 0.717) is 22.4 Å². The lowest BCUT2D eigenvalue weighted by atomic mass is 9.65. The van der Waals surface area contributed by atoms with E-state index in [1.54, 1.807) is 25.5 Å². The van der Waals surface area contributed by atoms with Gasteiger partial charge in [-0.15, -0.1) is 0 Å². The van der Waals surface area contributed by atoms with Crippen molar-refractivity contribution in [1.82, 2.24) is 4.90 Å². The normalized spacial score (nSPS) is 21.6. The van der Waals surface area contributed by atoms with Crippen LogP contribution in [0.2, 0.25) is 0 Å². The van der Waals surface area contributed by atoms with Crippen molar-refractivity contribution in [3.63, 3.8) is 0 Å². The molecule has 1 atom stereocenters. The maximum absolute atomic E-state index is 13.7. The first-order valence-electron chi connectivity index (χ1n) is 11.6. The summed E-state index contributed by atoms with van der Waals surface area (Å²) in [6.07, 6.45) is 6.45. The topological polar surface area (TPSA) is 83.0 Å². The van der Waals surface area contributed by atoms with Gasteiger partial charge < -0.3 is 20.3 Å². The highest BCUT2D eigenvalue weighted by molar-refractivity contribution is 7.93. The van der Waals surface area contributed by atoms with Crippen LogP contribution in [0.25, 0.3) is 0 Å². The number of hydrogen-bond acceptors (Lipinski definition) is 6. The molecule has 2 aromatic rings. The third-order valence-electron chi connectivity index (χ3n) is 7.35. The molecule has 2 heterocycles. The van der Waals surface area contributed by atoms with E-state index in [4.69, 9.17) is 9.10 Å². The first kappa shape index (κ1) is 22.2. The minimum absolute atomic E-state index is 0.0780. The fourth-order valence-corrected chi connectivity index (χ4v) is 6.70. The second-order valence-corrected chi connectivity index (χ2v) is 11.8. The number of amides is 1. The SMILES string of the molecule is COc1ccccc1S(C)(=O)=Nc1cc(NC2CCN(C)CC2)c2c(c1)C1(CCC1)C(=O)N2. The van der Waals surface area contributed by atoms with Gasteiger partial charge in [0.2, 0.25) is 5.91 Å². The highest BCUT2D eigenvalue weighted by atomic mass is 32.2. The van der Waals surface area contributed by atoms with Gasteiger partial charge in [0.15, 0.2) is 0 Å². The second-order valence-electron chi connectivity index (χ2n) is 9.57. The van der Waals surface area contributed by atoms with Gasteiger partial charge in [0.1, 0.15) is 5.75 Å². The summed E-state index contributed by atoms with van der Waals surface area (Å²) in [7, 11) is 0.957. The van der Waals surface area contributed by atoms with E-state index in [0.717, 1.165) is 62.1 Å². The maximum atomic E-state index is 13.7. The molecule has 7 nitrogen and oxygen atoms in total. The molecule has 176 valence electrons. The molecule has 0 radical (unpaired) electrons. The van der Waals surface area contributed by atoms with Crippen molar-refractivity contribution in [3.8, 4) is 5.75 Å². The molecule has 1 unspecified atom stereocenters. The van der Waals surface area contributed by atoms with Crippen molar-refractivity contribution < 1.29 is 13.7 Å². The van der Waals surface area contributed by atoms with Crippen molar-refractivity contribution >= 4 is 32.7 Å². The largest absolute Gasteiger partial charge is 0.495 e. The maximum Gasteiger partial charge on any atom is 0.235 e. The van der Waals surface area contributed by atoms with Crippen LogP contribution in [0.5, 0.6) is 5.75 Å². The highest BCUT2D eigenvalue weighted by Gasteiger charge is 2.52. The van der Waals surface area contributed by atoms with Gasteiger partial charge in [0, 0.05) is 12.3 Å². The van der Waals surface area contributed by atoms with Crippen molar-refractivity contribution in [2.75, 3.05) is 44.1 Å². The molecule has 5 rings (SSSR count). The summed E-state index contributed by atoms with van der Waals surface area (Å²) in [6, 6.07) is 11.5. The average molecular weight is 469 g/mol. The molecule has 1 aliphatic carbocycles. The van der Waals surface area contributed by atoms with Crippen LogP contribution in [0.1, 0.15) is 37.7 Å². The standard InChI is InChI=1S/C25H32N4O3S/c1-29-13-9-17(10-14-29)26-20-16-18(15-19-23(20)27-24(30)25(19)11-6-12-25)28-33(3,31)22-8-5-4-7-21(22)32-2/h4-5,7-8,15-17,26H,6,9-14H2,1-3H3,(H,27,30). The number of anilines is 2. The Balaban J connectivity index is 1.59. The smallest absolute Gasteiger partial charge is 0.235 e. The predicted molar refractivity (Wildman–Crippen MR) is 132 cm³/mol. The van der Waals surface area contributed by atoms with Crippen LogP contribution >= 0.6 is 0 Å². The van der Waals surface area contributed by atoms with Crippen LogP contribution in [0.3, 0.4) is 0 Å². The van der Waals surface area contributed by atoms with Crippen LogP contribution in [-0.2, 0) is 19.9 Å². The summed E-state index contributed by atoms with van der Waals surface area (Å²) in [5.74, 6) is 0.640. The van der Waals surface area contributed by atoms with Crippen LogP contribution < -0.4 is 15.4 Å². The van der Waals surface area contributed by atoms with Crippen LogP contribution in [0, 0.1) is 0 Å². The van der Waals surface area contributed by atoms with Crippen molar-refractivity contribution in [1.29, 1.82) is 0 Å². The Morgan fingerprint density at radius 1 is 1.21 bits per heavy atom. The van der Waals surface area contributed by atoms with E-state index in [1.165, 1.54) is 0 Å². The molecule has 8 heteroatoms. The monoisotopic (exact) mass is 468 g/mol. The van der Waals surface area contributed by atoms with Gasteiger partial charge in [0.05, 0.1) is 44.2 Å². The zero-order chi connectivity index (χ0) is 23.2. The van der Waals surface area contributed by atoms with E-state index in [-0.39, 0.29) is 5.91 Å². The summed E-state index contributed by atoms with van der Waals surface area (Å²) in [5.41, 5.74) is 2.91. The molecule has 1 saturated carbocycles. The van der Waals surface area contributed by atoms with Crippen molar-refractivity contribution in [3.05, 3.63) is 42.0 Å². The zero-order valence-electron chi connectivity index (χ0n) is 19.5. The number of nitrogens with zero attached hydrogens (tertiary/aromatic N) is 2. The number of methoxy groups -OCH3 is 1. The summed E-state index contributed by atoms with van der Waals surface area (Å²) in [5, 5.41) is 6.83. The summed E-state index contributed by atoms with van der Waals surface area (Å²) in [4.78, 5) is 15.9. The number of carbonyl (C=O) groups excluding carboxylic acids is 1. The molecule has 1 spiro atoms. The van der Waals surface area contributed by atoms with Gasteiger partial charge in [-0.1, -0.05) is 18.6 Å². The predicted octanol–water partition coefficient (Wildman–Crippen LogP) is 4.36. The molecule has 0 aromatic heterocycles. The molecule has 1 amide bonds. The minimum Gasteiger partial charge on any atom is -0.495 e. The first-order chi connectivity index (χ1) is 15.8. The number of hydrogen-bond donors (Lipinski definition) is 2. The molecule has 33 heavy (non-hydrogen) atoms. The molecule has 3 aliphatic rings. The Kier molecular flexibility index (Phi) is 5.61. The van der Waals surface area contributed by atoms with Gasteiger partial charge >= 0.3 is 0 Å². The van der Waals surface area contributed by atoms with Crippen LogP contribution in [0.4, 0.5) is 17.1 Å². The lowest BCUT2D eigenvalue weighted by molar-refractivity contribution is -0.123. The molecule has 2 N–H and O–H groups in total. The van der Waals surface area contributed by atoms with Gasteiger partial charge in [-0.3, -0.25) is 4.79 Å². The Morgan fingerprint density at radius 2 is 1.94 bits per heavy atom. The number of ether oxygens (including phenoxy) is 1. The fourth-order valence-electron chi connectivity index (χ4n) is 5.24. The van der Waals surface area contributed by atoms with E-state index < -0.39 is 15.1 Å². The molecule has 1 saturated heterocycles. The highest BCUT2D eigenvalue weighted by Crippen LogP contribution is 2.54. The number of benzene rings is 2. The van der Waals surface area contributed by atoms with E-state index in [9.17, 15) is 9.00 Å². The lowest BCUT2D eigenvalue weighted by Gasteiger charge is -2.36. The molecular weight excluding hydrogens is 436 g/mol. The van der Waals surface area contributed by atoms with Crippen LogP contribution in [-0.4, -0.2) is 54.6 Å². The Bertz CT molecular complexity index is 1210. The Hall–Kier alpha value is -2.58. The number of carbonyl (C=O) groups is 1. The number of rotatable bonds is 5. The summed E-state index contributed by atoms with van der Waals surface area (Å²) < 4.78 is 23.9. The van der Waals surface area contributed by atoms with Crippen LogP contribution in [0.15, 0.2) is 45.7 Å². The summed E-state index contributed by atoms with van der Waals surface area (Å²) >= 11 is 0. The minimum atomic E-state index is -2.76. The molecular formula is C25H32N4O3S. The van der Waals surface area contributed by atoms with E-state index in [1.807, 2.05) is 24.3 Å². The van der Waals surface area contributed by atoms with Gasteiger partial charge in [-0.2, -0.15) is 4.36 Å². The fraction of sp³-hybridized carbons (Fsp3) is 0.480. The number of fused-ring (bicyclic) bond motifs is 2. The van der Waals surface area contributed by atoms with Crippen molar-refractivity contribution in [2.45, 2.75) is 48.5 Å². The molecule has 2 aliphatic heterocycles. The molecule has 2 aromatic carbocycles. The molecule has 0 bridgehead atoms. The average Bonchev–Trinajstić information content (AvgIpc) is 3.07. The summed E-state index contributed by atoms with van der Waals surface area (Å²) in [6.45, 7) is 2.08. The Labute approximate surface area is 196 Å². The zero-order valence-corrected chi connectivity index (χ0v) is 20.3. The Morgan fingerprint density at radius 3 is 2.61 bits per heavy atom.